The molecule has 0 radical (unpaired) electrons. The van der Waals surface area contributed by atoms with Crippen molar-refractivity contribution >= 4 is 28.9 Å². The Balaban J connectivity index is 1.09. The number of carbonyl (C=O) groups is 3. The molecule has 2 amide bonds. The monoisotopic (exact) mass is 609 g/mol. The van der Waals surface area contributed by atoms with Crippen LogP contribution >= 0.6 is 0 Å². The number of aromatic nitrogens is 2. The number of benzene rings is 3. The molecule has 1 fully saturated rings. The van der Waals surface area contributed by atoms with Gasteiger partial charge in [-0.3, -0.25) is 9.59 Å². The van der Waals surface area contributed by atoms with Gasteiger partial charge in [-0.05, 0) is 72.7 Å². The summed E-state index contributed by atoms with van der Waals surface area (Å²) in [5, 5.41) is 8.88. The number of unbranched alkanes of at least 4 members (excludes halogenated alkanes) is 2. The van der Waals surface area contributed by atoms with Crippen molar-refractivity contribution in [2.45, 2.75) is 51.0 Å². The summed E-state index contributed by atoms with van der Waals surface area (Å²) in [5.41, 5.74) is 17.5. The van der Waals surface area contributed by atoms with E-state index in [0.717, 1.165) is 47.9 Å². The fourth-order valence-corrected chi connectivity index (χ4v) is 5.44. The van der Waals surface area contributed by atoms with Crippen molar-refractivity contribution in [3.8, 4) is 11.4 Å². The molecule has 0 aliphatic carbocycles. The Morgan fingerprint density at radius 3 is 2.58 bits per heavy atom. The minimum Gasteiger partial charge on any atom is -0.445 e. The fraction of sp³-hybridized carbons (Fsp3) is 0.333. The number of nitrogens with zero attached hydrogens (tertiary/aromatic N) is 6. The van der Waals surface area contributed by atoms with Crippen LogP contribution in [0.25, 0.3) is 27.0 Å². The summed E-state index contributed by atoms with van der Waals surface area (Å²) < 4.78 is 12.7. The molecule has 1 aliphatic heterocycles. The number of esters is 1. The Hall–Kier alpha value is -5.35. The number of likely N-dealkylation sites (tertiary alicyclic amines) is 1. The Morgan fingerprint density at radius 1 is 1.02 bits per heavy atom. The molecular weight excluding hydrogens is 574 g/mol. The lowest BCUT2D eigenvalue weighted by molar-refractivity contribution is -0.134. The van der Waals surface area contributed by atoms with Gasteiger partial charge in [0, 0.05) is 48.5 Å². The van der Waals surface area contributed by atoms with Crippen LogP contribution in [0.3, 0.4) is 0 Å². The van der Waals surface area contributed by atoms with Gasteiger partial charge >= 0.3 is 12.1 Å². The van der Waals surface area contributed by atoms with Crippen LogP contribution in [0.5, 0.6) is 5.75 Å². The number of hydrogen-bond acceptors (Lipinski definition) is 7. The summed E-state index contributed by atoms with van der Waals surface area (Å²) in [4.78, 5) is 41.2. The number of piperidine rings is 1. The number of amides is 2. The Kier molecular flexibility index (Phi) is 10.3. The first-order valence-corrected chi connectivity index (χ1v) is 15.0. The number of fused-ring (bicyclic) bond motifs is 1. The van der Waals surface area contributed by atoms with E-state index in [4.69, 9.17) is 20.7 Å². The molecular formula is C33H35N7O5. The SMILES string of the molecule is [N-]=[N+]=NCCCCCC(=O)Oc1ccc(COC(=O)N2CCC[C@@H](c3ccc(-n4cc5cccc(C(N)=O)c5n4)cc3)C2)cc1. The average molecular weight is 610 g/mol. The second kappa shape index (κ2) is 14.9. The Labute approximate surface area is 260 Å². The van der Waals surface area contributed by atoms with E-state index in [1.54, 1.807) is 46.0 Å². The molecule has 0 bridgehead atoms. The summed E-state index contributed by atoms with van der Waals surface area (Å²) in [7, 11) is 0. The second-order valence-corrected chi connectivity index (χ2v) is 11.0. The summed E-state index contributed by atoms with van der Waals surface area (Å²) in [6.07, 6.45) is 5.83. The van der Waals surface area contributed by atoms with Gasteiger partial charge in [0.25, 0.3) is 5.91 Å². The van der Waals surface area contributed by atoms with Crippen LogP contribution in [-0.2, 0) is 16.1 Å². The molecule has 3 aromatic carbocycles. The fourth-order valence-electron chi connectivity index (χ4n) is 5.44. The van der Waals surface area contributed by atoms with E-state index in [1.807, 2.05) is 24.4 Å². The number of azide groups is 1. The van der Waals surface area contributed by atoms with Crippen molar-refractivity contribution in [3.63, 3.8) is 0 Å². The summed E-state index contributed by atoms with van der Waals surface area (Å²) >= 11 is 0. The molecule has 4 aromatic rings. The molecule has 1 aliphatic rings. The summed E-state index contributed by atoms with van der Waals surface area (Å²) in [6.45, 7) is 1.74. The van der Waals surface area contributed by atoms with E-state index in [0.29, 0.717) is 42.9 Å². The molecule has 0 spiro atoms. The molecule has 45 heavy (non-hydrogen) atoms. The van der Waals surface area contributed by atoms with Crippen LogP contribution in [0, 0.1) is 0 Å². The highest BCUT2D eigenvalue weighted by atomic mass is 16.6. The van der Waals surface area contributed by atoms with Crippen molar-refractivity contribution in [2.75, 3.05) is 19.6 Å². The highest BCUT2D eigenvalue weighted by molar-refractivity contribution is 6.04. The van der Waals surface area contributed by atoms with Crippen LogP contribution in [0.15, 0.2) is 78.0 Å². The van der Waals surface area contributed by atoms with Crippen molar-refractivity contribution in [1.29, 1.82) is 0 Å². The predicted octanol–water partition coefficient (Wildman–Crippen LogP) is 6.42. The molecule has 12 heteroatoms. The molecule has 1 atom stereocenters. The van der Waals surface area contributed by atoms with Crippen LogP contribution < -0.4 is 10.5 Å². The first-order chi connectivity index (χ1) is 21.9. The van der Waals surface area contributed by atoms with E-state index in [-0.39, 0.29) is 31.0 Å². The summed E-state index contributed by atoms with van der Waals surface area (Å²) in [5.74, 6) is -0.216. The van der Waals surface area contributed by atoms with Gasteiger partial charge < -0.3 is 20.1 Å². The largest absolute Gasteiger partial charge is 0.445 e. The zero-order chi connectivity index (χ0) is 31.6. The summed E-state index contributed by atoms with van der Waals surface area (Å²) in [6, 6.07) is 20.3. The number of hydrogen-bond donors (Lipinski definition) is 1. The first-order valence-electron chi connectivity index (χ1n) is 15.0. The number of carbonyl (C=O) groups excluding carboxylic acids is 3. The first kappa shape index (κ1) is 31.1. The Morgan fingerprint density at radius 2 is 1.82 bits per heavy atom. The van der Waals surface area contributed by atoms with E-state index in [9.17, 15) is 14.4 Å². The van der Waals surface area contributed by atoms with Crippen LogP contribution in [-0.4, -0.2) is 52.3 Å². The minimum atomic E-state index is -0.512. The molecule has 2 N–H and O–H groups in total. The topological polar surface area (TPSA) is 166 Å². The number of ether oxygens (including phenoxy) is 2. The molecule has 0 unspecified atom stereocenters. The van der Waals surface area contributed by atoms with Crippen LogP contribution in [0.2, 0.25) is 0 Å². The van der Waals surface area contributed by atoms with E-state index < -0.39 is 5.91 Å². The zero-order valence-corrected chi connectivity index (χ0v) is 24.9. The van der Waals surface area contributed by atoms with Gasteiger partial charge in [-0.1, -0.05) is 47.9 Å². The van der Waals surface area contributed by atoms with Crippen molar-refractivity contribution in [1.82, 2.24) is 14.7 Å². The van der Waals surface area contributed by atoms with Gasteiger partial charge in [0.2, 0.25) is 0 Å². The van der Waals surface area contributed by atoms with Gasteiger partial charge in [0.1, 0.15) is 17.9 Å². The van der Waals surface area contributed by atoms with Crippen molar-refractivity contribution < 1.29 is 23.9 Å². The molecule has 0 saturated carbocycles. The minimum absolute atomic E-state index is 0.115. The molecule has 1 aromatic heterocycles. The molecule has 1 saturated heterocycles. The maximum absolute atomic E-state index is 12.9. The third kappa shape index (κ3) is 8.18. The quantitative estimate of drug-likeness (QED) is 0.0486. The normalized spacial score (nSPS) is 14.5. The average Bonchev–Trinajstić information content (AvgIpc) is 3.51. The Bertz CT molecular complexity index is 1690. The molecule has 232 valence electrons. The van der Waals surface area contributed by atoms with Crippen molar-refractivity contribution in [3.05, 3.63) is 100 Å². The number of primary amides is 1. The van der Waals surface area contributed by atoms with E-state index >= 15 is 0 Å². The highest BCUT2D eigenvalue weighted by Crippen LogP contribution is 2.29. The number of nitrogens with two attached hydrogens (primary N) is 1. The predicted molar refractivity (Wildman–Crippen MR) is 168 cm³/mol. The number of rotatable bonds is 12. The van der Waals surface area contributed by atoms with E-state index in [2.05, 4.69) is 27.3 Å². The third-order valence-corrected chi connectivity index (χ3v) is 7.83. The van der Waals surface area contributed by atoms with Crippen LogP contribution in [0.4, 0.5) is 4.79 Å². The van der Waals surface area contributed by atoms with Crippen LogP contribution in [0.1, 0.15) is 65.9 Å². The standard InChI is InChI=1S/C33H35N7O5/c34-32(42)29-8-4-6-26-21-40(37-31(26)29)27-14-12-24(13-15-27)25-7-5-19-39(20-25)33(43)44-22-23-10-16-28(17-11-23)45-30(41)9-2-1-3-18-36-38-35/h4,6,8,10-17,21,25H,1-3,5,7,9,18-20,22H2,(H2,34,42)/t25-/m1/s1. The second-order valence-electron chi connectivity index (χ2n) is 11.0. The highest BCUT2D eigenvalue weighted by Gasteiger charge is 2.26. The molecule has 12 nitrogen and oxygen atoms in total. The lowest BCUT2D eigenvalue weighted by Crippen LogP contribution is -2.39. The van der Waals surface area contributed by atoms with Gasteiger partial charge in [-0.15, -0.1) is 0 Å². The molecule has 5 rings (SSSR count). The zero-order valence-electron chi connectivity index (χ0n) is 24.9. The lowest BCUT2D eigenvalue weighted by atomic mass is 9.91. The molecule has 2 heterocycles. The maximum Gasteiger partial charge on any atom is 0.410 e. The smallest absolute Gasteiger partial charge is 0.410 e. The van der Waals surface area contributed by atoms with Gasteiger partial charge in [-0.25, -0.2) is 9.48 Å². The lowest BCUT2D eigenvalue weighted by Gasteiger charge is -2.32. The van der Waals surface area contributed by atoms with Gasteiger partial charge in [0.15, 0.2) is 0 Å². The third-order valence-electron chi connectivity index (χ3n) is 7.83. The van der Waals surface area contributed by atoms with Gasteiger partial charge in [0.05, 0.1) is 11.3 Å². The van der Waals surface area contributed by atoms with Gasteiger partial charge in [-0.2, -0.15) is 5.10 Å². The van der Waals surface area contributed by atoms with E-state index in [1.165, 1.54) is 0 Å². The maximum atomic E-state index is 12.9. The van der Waals surface area contributed by atoms with Crippen molar-refractivity contribution in [2.24, 2.45) is 10.8 Å².